The van der Waals surface area contributed by atoms with Crippen molar-refractivity contribution in [1.29, 1.82) is 0 Å². The zero-order valence-electron chi connectivity index (χ0n) is 13.3. The first-order valence-corrected chi connectivity index (χ1v) is 9.49. The fraction of sp³-hybridized carbons (Fsp3) is 0.312. The number of aromatic amines is 1. The molecular formula is C16H17BrN4O3S. The zero-order valence-corrected chi connectivity index (χ0v) is 15.7. The Labute approximate surface area is 156 Å². The number of nitrogens with one attached hydrogen (secondary N) is 3. The van der Waals surface area contributed by atoms with Gasteiger partial charge >= 0.3 is 0 Å². The van der Waals surface area contributed by atoms with Gasteiger partial charge in [-0.05, 0) is 46.3 Å². The van der Waals surface area contributed by atoms with Gasteiger partial charge in [0, 0.05) is 23.8 Å². The van der Waals surface area contributed by atoms with Gasteiger partial charge in [-0.15, -0.1) is 11.3 Å². The summed E-state index contributed by atoms with van der Waals surface area (Å²) >= 11 is 4.64. The molecule has 1 saturated heterocycles. The van der Waals surface area contributed by atoms with Gasteiger partial charge < -0.3 is 9.88 Å². The van der Waals surface area contributed by atoms with Gasteiger partial charge in [0.2, 0.25) is 5.91 Å². The van der Waals surface area contributed by atoms with E-state index in [1.54, 1.807) is 23.2 Å². The second-order valence-electron chi connectivity index (χ2n) is 5.74. The Morgan fingerprint density at radius 2 is 2.16 bits per heavy atom. The molecule has 0 aliphatic carbocycles. The lowest BCUT2D eigenvalue weighted by molar-refractivity contribution is -0.127. The predicted molar refractivity (Wildman–Crippen MR) is 97.0 cm³/mol. The Morgan fingerprint density at radius 3 is 2.84 bits per heavy atom. The second kappa shape index (κ2) is 7.83. The third-order valence-corrected chi connectivity index (χ3v) is 5.32. The molecule has 1 fully saturated rings. The van der Waals surface area contributed by atoms with E-state index in [0.717, 1.165) is 10.9 Å². The number of likely N-dealkylation sites (tertiary alicyclic amines) is 1. The fourth-order valence-electron chi connectivity index (χ4n) is 2.72. The third-order valence-electron chi connectivity index (χ3n) is 4.00. The molecule has 1 aliphatic heterocycles. The number of thiophene rings is 1. The molecule has 0 radical (unpaired) electrons. The summed E-state index contributed by atoms with van der Waals surface area (Å²) in [5.41, 5.74) is 5.17. The molecule has 0 spiro atoms. The van der Waals surface area contributed by atoms with Gasteiger partial charge in [0.1, 0.15) is 5.69 Å². The summed E-state index contributed by atoms with van der Waals surface area (Å²) in [6.07, 6.45) is 3.07. The highest BCUT2D eigenvalue weighted by Gasteiger charge is 2.29. The minimum absolute atomic E-state index is 0.0484. The maximum atomic E-state index is 12.4. The van der Waals surface area contributed by atoms with E-state index in [1.807, 2.05) is 11.4 Å². The number of piperidine rings is 1. The molecule has 0 bridgehead atoms. The highest BCUT2D eigenvalue weighted by atomic mass is 79.9. The van der Waals surface area contributed by atoms with Crippen LogP contribution in [0, 0.1) is 5.92 Å². The number of amides is 3. The predicted octanol–water partition coefficient (Wildman–Crippen LogP) is 2.15. The molecule has 3 rings (SSSR count). The van der Waals surface area contributed by atoms with E-state index in [9.17, 15) is 14.4 Å². The standard InChI is InChI=1S/C16H17BrN4O3S/c17-11-7-12(18-8-11)15(23)20-19-14(22)10-3-1-5-21(9-10)16(24)13-4-2-6-25-13/h2,4,6-8,10,18H,1,3,5,9H2,(H,19,22)(H,20,23). The van der Waals surface area contributed by atoms with Crippen LogP contribution in [-0.4, -0.2) is 40.7 Å². The highest BCUT2D eigenvalue weighted by molar-refractivity contribution is 9.10. The Balaban J connectivity index is 1.53. The minimum atomic E-state index is -0.429. The molecule has 0 aromatic carbocycles. The SMILES string of the molecule is O=C(NNC(=O)C1CCCN(C(=O)c2cccs2)C1)c1cc(Br)c[nH]1. The van der Waals surface area contributed by atoms with Crippen LogP contribution < -0.4 is 10.9 Å². The van der Waals surface area contributed by atoms with E-state index < -0.39 is 5.91 Å². The number of hydrogen-bond donors (Lipinski definition) is 3. The monoisotopic (exact) mass is 424 g/mol. The minimum Gasteiger partial charge on any atom is -0.356 e. The highest BCUT2D eigenvalue weighted by Crippen LogP contribution is 2.20. The van der Waals surface area contributed by atoms with Gasteiger partial charge in [-0.3, -0.25) is 25.2 Å². The number of carbonyl (C=O) groups excluding carboxylic acids is 3. The molecule has 9 heteroatoms. The number of hydrazine groups is 1. The summed E-state index contributed by atoms with van der Waals surface area (Å²) in [4.78, 5) is 41.8. The zero-order chi connectivity index (χ0) is 17.8. The Hall–Kier alpha value is -2.13. The lowest BCUT2D eigenvalue weighted by Crippen LogP contribution is -2.50. The van der Waals surface area contributed by atoms with Crippen LogP contribution in [0.25, 0.3) is 0 Å². The summed E-state index contributed by atoms with van der Waals surface area (Å²) < 4.78 is 0.749. The fourth-order valence-corrected chi connectivity index (χ4v) is 3.75. The first-order valence-electron chi connectivity index (χ1n) is 7.81. The summed E-state index contributed by atoms with van der Waals surface area (Å²) in [5.74, 6) is -1.11. The third kappa shape index (κ3) is 4.29. The van der Waals surface area contributed by atoms with Gasteiger partial charge in [0.05, 0.1) is 10.8 Å². The number of halogens is 1. The van der Waals surface area contributed by atoms with E-state index in [0.29, 0.717) is 30.1 Å². The molecule has 3 amide bonds. The first kappa shape index (κ1) is 17.7. The van der Waals surface area contributed by atoms with E-state index in [2.05, 4.69) is 31.8 Å². The van der Waals surface area contributed by atoms with Crippen LogP contribution in [0.3, 0.4) is 0 Å². The number of hydrogen-bond acceptors (Lipinski definition) is 4. The van der Waals surface area contributed by atoms with Crippen LogP contribution in [-0.2, 0) is 4.79 Å². The lowest BCUT2D eigenvalue weighted by atomic mass is 9.97. The molecule has 25 heavy (non-hydrogen) atoms. The van der Waals surface area contributed by atoms with Gasteiger partial charge in [-0.25, -0.2) is 0 Å². The number of aromatic nitrogens is 1. The Bertz CT molecular complexity index is 774. The molecule has 7 nitrogen and oxygen atoms in total. The normalized spacial score (nSPS) is 17.2. The Morgan fingerprint density at radius 1 is 1.32 bits per heavy atom. The van der Waals surface area contributed by atoms with Crippen LogP contribution in [0.4, 0.5) is 0 Å². The summed E-state index contributed by atoms with van der Waals surface area (Å²) in [6.45, 7) is 0.996. The van der Waals surface area contributed by atoms with Crippen LogP contribution in [0.2, 0.25) is 0 Å². The average molecular weight is 425 g/mol. The maximum absolute atomic E-state index is 12.4. The van der Waals surface area contributed by atoms with Crippen molar-refractivity contribution in [3.8, 4) is 0 Å². The van der Waals surface area contributed by atoms with Crippen LogP contribution in [0.15, 0.2) is 34.2 Å². The largest absolute Gasteiger partial charge is 0.356 e. The molecule has 0 saturated carbocycles. The van der Waals surface area contributed by atoms with Crippen molar-refractivity contribution in [3.63, 3.8) is 0 Å². The van der Waals surface area contributed by atoms with Crippen LogP contribution >= 0.6 is 27.3 Å². The van der Waals surface area contributed by atoms with Crippen LogP contribution in [0.1, 0.15) is 33.0 Å². The molecule has 2 aromatic rings. The van der Waals surface area contributed by atoms with Gasteiger partial charge in [0.25, 0.3) is 11.8 Å². The molecule has 2 aromatic heterocycles. The van der Waals surface area contributed by atoms with Crippen molar-refractivity contribution in [2.24, 2.45) is 5.92 Å². The average Bonchev–Trinajstić information content (AvgIpc) is 3.30. The van der Waals surface area contributed by atoms with Crippen molar-refractivity contribution in [2.75, 3.05) is 13.1 Å². The van der Waals surface area contributed by atoms with Crippen molar-refractivity contribution < 1.29 is 14.4 Å². The molecule has 1 unspecified atom stereocenters. The van der Waals surface area contributed by atoms with Crippen molar-refractivity contribution in [2.45, 2.75) is 12.8 Å². The summed E-state index contributed by atoms with van der Waals surface area (Å²) in [7, 11) is 0. The molecule has 132 valence electrons. The number of H-pyrrole nitrogens is 1. The van der Waals surface area contributed by atoms with Crippen molar-refractivity contribution in [3.05, 3.63) is 44.8 Å². The number of carbonyl (C=O) groups is 3. The number of nitrogens with zero attached hydrogens (tertiary/aromatic N) is 1. The smallest absolute Gasteiger partial charge is 0.286 e. The first-order chi connectivity index (χ1) is 12.0. The van der Waals surface area contributed by atoms with E-state index in [1.165, 1.54) is 11.3 Å². The van der Waals surface area contributed by atoms with Gasteiger partial charge in [-0.2, -0.15) is 0 Å². The molecule has 3 heterocycles. The molecule has 1 atom stereocenters. The van der Waals surface area contributed by atoms with Gasteiger partial charge in [-0.1, -0.05) is 6.07 Å². The van der Waals surface area contributed by atoms with E-state index in [-0.39, 0.29) is 17.7 Å². The topological polar surface area (TPSA) is 94.3 Å². The Kier molecular flexibility index (Phi) is 5.54. The quantitative estimate of drug-likeness (QED) is 0.658. The molecule has 1 aliphatic rings. The number of rotatable bonds is 3. The maximum Gasteiger partial charge on any atom is 0.286 e. The van der Waals surface area contributed by atoms with E-state index in [4.69, 9.17) is 0 Å². The van der Waals surface area contributed by atoms with E-state index >= 15 is 0 Å². The molecular weight excluding hydrogens is 408 g/mol. The van der Waals surface area contributed by atoms with Crippen molar-refractivity contribution >= 4 is 45.0 Å². The second-order valence-corrected chi connectivity index (χ2v) is 7.61. The summed E-state index contributed by atoms with van der Waals surface area (Å²) in [5, 5.41) is 1.86. The lowest BCUT2D eigenvalue weighted by Gasteiger charge is -2.31. The van der Waals surface area contributed by atoms with Crippen LogP contribution in [0.5, 0.6) is 0 Å². The summed E-state index contributed by atoms with van der Waals surface area (Å²) in [6, 6.07) is 5.23. The van der Waals surface area contributed by atoms with Gasteiger partial charge in [0.15, 0.2) is 0 Å². The van der Waals surface area contributed by atoms with Crippen molar-refractivity contribution in [1.82, 2.24) is 20.7 Å². The molecule has 3 N–H and O–H groups in total.